The van der Waals surface area contributed by atoms with Gasteiger partial charge >= 0.3 is 0 Å². The monoisotopic (exact) mass is 219 g/mol. The van der Waals surface area contributed by atoms with Crippen molar-refractivity contribution >= 4 is 0 Å². The molecule has 1 aromatic carbocycles. The van der Waals surface area contributed by atoms with Crippen LogP contribution in [0, 0.1) is 0 Å². The molecule has 0 amide bonds. The maximum atomic E-state index is 6.55. The summed E-state index contributed by atoms with van der Waals surface area (Å²) in [5.74, 6) is 0. The van der Waals surface area contributed by atoms with Crippen molar-refractivity contribution in [2.45, 2.75) is 57.9 Å². The maximum absolute atomic E-state index is 6.55. The van der Waals surface area contributed by atoms with Crippen molar-refractivity contribution in [3.8, 4) is 0 Å². The van der Waals surface area contributed by atoms with Gasteiger partial charge in [0.15, 0.2) is 0 Å². The van der Waals surface area contributed by atoms with E-state index in [1.165, 1.54) is 5.56 Å². The van der Waals surface area contributed by atoms with Crippen LogP contribution in [0.4, 0.5) is 0 Å². The van der Waals surface area contributed by atoms with Gasteiger partial charge in [0.2, 0.25) is 0 Å². The minimum Gasteiger partial charge on any atom is -0.325 e. The number of nitrogens with two attached hydrogens (primary N) is 1. The quantitative estimate of drug-likeness (QED) is 0.799. The smallest absolute Gasteiger partial charge is 0.0220 e. The second kappa shape index (κ2) is 5.01. The summed E-state index contributed by atoms with van der Waals surface area (Å²) in [6, 6.07) is 10.7. The van der Waals surface area contributed by atoms with Crippen molar-refractivity contribution in [3.63, 3.8) is 0 Å². The first-order valence-corrected chi connectivity index (χ1v) is 6.38. The lowest BCUT2D eigenvalue weighted by molar-refractivity contribution is 0.209. The fourth-order valence-corrected chi connectivity index (χ4v) is 2.89. The Morgan fingerprint density at radius 1 is 0.938 bits per heavy atom. The van der Waals surface area contributed by atoms with Crippen molar-refractivity contribution in [1.82, 2.24) is 0 Å². The molecule has 0 saturated heterocycles. The first kappa shape index (κ1) is 13.2. The van der Waals surface area contributed by atoms with Gasteiger partial charge in [0.25, 0.3) is 0 Å². The lowest BCUT2D eigenvalue weighted by atomic mass is 9.62. The van der Waals surface area contributed by atoms with Crippen LogP contribution >= 0.6 is 0 Å². The Balaban J connectivity index is 3.27. The molecule has 1 aromatic rings. The van der Waals surface area contributed by atoms with Crippen LogP contribution in [-0.4, -0.2) is 5.54 Å². The van der Waals surface area contributed by atoms with Crippen LogP contribution in [-0.2, 0) is 5.41 Å². The SMILES string of the molecule is CCC(C)(N)C(CC)(CC)c1ccccc1. The Morgan fingerprint density at radius 2 is 1.44 bits per heavy atom. The molecule has 0 aromatic heterocycles. The standard InChI is InChI=1S/C15H25N/c1-5-14(4,16)15(6-2,7-3)13-11-9-8-10-12-13/h8-12H,5-7,16H2,1-4H3. The topological polar surface area (TPSA) is 26.0 Å². The average Bonchev–Trinajstić information content (AvgIpc) is 2.32. The predicted molar refractivity (Wildman–Crippen MR) is 71.6 cm³/mol. The molecule has 1 unspecified atom stereocenters. The summed E-state index contributed by atoms with van der Waals surface area (Å²) in [5, 5.41) is 0. The first-order valence-electron chi connectivity index (χ1n) is 6.38. The van der Waals surface area contributed by atoms with Gasteiger partial charge in [-0.05, 0) is 31.7 Å². The Morgan fingerprint density at radius 3 is 1.81 bits per heavy atom. The minimum atomic E-state index is -0.141. The van der Waals surface area contributed by atoms with Crippen molar-refractivity contribution in [2.75, 3.05) is 0 Å². The van der Waals surface area contributed by atoms with E-state index in [0.717, 1.165) is 19.3 Å². The molecule has 1 heteroatoms. The van der Waals surface area contributed by atoms with Gasteiger partial charge in [-0.3, -0.25) is 0 Å². The third kappa shape index (κ3) is 2.01. The molecule has 90 valence electrons. The fraction of sp³-hybridized carbons (Fsp3) is 0.600. The van der Waals surface area contributed by atoms with Crippen LogP contribution in [0.1, 0.15) is 52.5 Å². The van der Waals surface area contributed by atoms with E-state index in [0.29, 0.717) is 0 Å². The normalized spacial score (nSPS) is 15.8. The summed E-state index contributed by atoms with van der Waals surface area (Å²) in [4.78, 5) is 0. The van der Waals surface area contributed by atoms with Crippen LogP contribution < -0.4 is 5.73 Å². The van der Waals surface area contributed by atoms with Crippen LogP contribution in [0.3, 0.4) is 0 Å². The van der Waals surface area contributed by atoms with E-state index < -0.39 is 0 Å². The Labute approximate surface area is 100 Å². The summed E-state index contributed by atoms with van der Waals surface area (Å²) in [6.45, 7) is 8.87. The second-order valence-corrected chi connectivity index (χ2v) is 4.93. The highest BCUT2D eigenvalue weighted by Crippen LogP contribution is 2.41. The van der Waals surface area contributed by atoms with Gasteiger partial charge in [-0.1, -0.05) is 51.1 Å². The van der Waals surface area contributed by atoms with Crippen molar-refractivity contribution in [1.29, 1.82) is 0 Å². The molecular formula is C15H25N. The number of rotatable bonds is 5. The summed E-state index contributed by atoms with van der Waals surface area (Å²) in [7, 11) is 0. The van der Waals surface area contributed by atoms with Crippen LogP contribution in [0.25, 0.3) is 0 Å². The molecule has 0 spiro atoms. The zero-order chi connectivity index (χ0) is 12.2. The highest BCUT2D eigenvalue weighted by molar-refractivity contribution is 5.30. The molecule has 2 N–H and O–H groups in total. The van der Waals surface area contributed by atoms with Gasteiger partial charge in [-0.2, -0.15) is 0 Å². The van der Waals surface area contributed by atoms with Gasteiger partial charge in [-0.25, -0.2) is 0 Å². The molecule has 1 atom stereocenters. The van der Waals surface area contributed by atoms with E-state index in [-0.39, 0.29) is 11.0 Å². The molecule has 0 fully saturated rings. The molecule has 0 saturated carbocycles. The lowest BCUT2D eigenvalue weighted by Gasteiger charge is -2.46. The van der Waals surface area contributed by atoms with E-state index in [4.69, 9.17) is 5.73 Å². The van der Waals surface area contributed by atoms with E-state index in [1.54, 1.807) is 0 Å². The largest absolute Gasteiger partial charge is 0.325 e. The predicted octanol–water partition coefficient (Wildman–Crippen LogP) is 3.87. The van der Waals surface area contributed by atoms with Gasteiger partial charge in [0.05, 0.1) is 0 Å². The Kier molecular flexibility index (Phi) is 4.15. The Bertz CT molecular complexity index is 309. The highest BCUT2D eigenvalue weighted by atomic mass is 14.8. The summed E-state index contributed by atoms with van der Waals surface area (Å²) < 4.78 is 0. The van der Waals surface area contributed by atoms with Crippen LogP contribution in [0.15, 0.2) is 30.3 Å². The average molecular weight is 219 g/mol. The molecule has 0 radical (unpaired) electrons. The van der Waals surface area contributed by atoms with Crippen molar-refractivity contribution < 1.29 is 0 Å². The van der Waals surface area contributed by atoms with Gasteiger partial charge in [0.1, 0.15) is 0 Å². The molecule has 0 aliphatic rings. The van der Waals surface area contributed by atoms with Gasteiger partial charge in [0, 0.05) is 11.0 Å². The van der Waals surface area contributed by atoms with Crippen molar-refractivity contribution in [3.05, 3.63) is 35.9 Å². The van der Waals surface area contributed by atoms with Gasteiger partial charge < -0.3 is 5.73 Å². The van der Waals surface area contributed by atoms with Gasteiger partial charge in [-0.15, -0.1) is 0 Å². The zero-order valence-corrected chi connectivity index (χ0v) is 11.1. The molecule has 1 rings (SSSR count). The molecule has 0 heterocycles. The van der Waals surface area contributed by atoms with E-state index in [9.17, 15) is 0 Å². The summed E-state index contributed by atoms with van der Waals surface area (Å²) >= 11 is 0. The summed E-state index contributed by atoms with van der Waals surface area (Å²) in [5.41, 5.74) is 7.89. The zero-order valence-electron chi connectivity index (χ0n) is 11.1. The highest BCUT2D eigenvalue weighted by Gasteiger charge is 2.42. The first-order chi connectivity index (χ1) is 7.54. The Hall–Kier alpha value is -0.820. The third-order valence-corrected chi connectivity index (χ3v) is 4.36. The van der Waals surface area contributed by atoms with Crippen LogP contribution in [0.2, 0.25) is 0 Å². The molecular weight excluding hydrogens is 194 g/mol. The van der Waals surface area contributed by atoms with E-state index in [1.807, 2.05) is 0 Å². The minimum absolute atomic E-state index is 0.100. The number of hydrogen-bond donors (Lipinski definition) is 1. The molecule has 16 heavy (non-hydrogen) atoms. The molecule has 1 nitrogen and oxygen atoms in total. The lowest BCUT2D eigenvalue weighted by Crippen LogP contribution is -2.55. The molecule has 0 aliphatic heterocycles. The number of hydrogen-bond acceptors (Lipinski definition) is 1. The molecule has 0 bridgehead atoms. The molecule has 0 aliphatic carbocycles. The third-order valence-electron chi connectivity index (χ3n) is 4.36. The van der Waals surface area contributed by atoms with Crippen LogP contribution in [0.5, 0.6) is 0 Å². The summed E-state index contributed by atoms with van der Waals surface area (Å²) in [6.07, 6.45) is 3.19. The fourth-order valence-electron chi connectivity index (χ4n) is 2.89. The maximum Gasteiger partial charge on any atom is 0.0220 e. The second-order valence-electron chi connectivity index (χ2n) is 4.93. The number of benzene rings is 1. The van der Waals surface area contributed by atoms with Crippen molar-refractivity contribution in [2.24, 2.45) is 5.73 Å². The van der Waals surface area contributed by atoms with E-state index in [2.05, 4.69) is 58.0 Å². The van der Waals surface area contributed by atoms with E-state index >= 15 is 0 Å².